The van der Waals surface area contributed by atoms with E-state index < -0.39 is 0 Å². The lowest BCUT2D eigenvalue weighted by molar-refractivity contribution is 0.0582. The Hall–Kier alpha value is -3.16. The number of likely N-dealkylation sites (tertiary alicyclic amines) is 1. The molecular formula is C24H31N5O3. The van der Waals surface area contributed by atoms with Crippen LogP contribution in [0.25, 0.3) is 0 Å². The fraction of sp³-hybridized carbons (Fsp3) is 0.500. The second-order valence-electron chi connectivity index (χ2n) is 9.67. The molecule has 170 valence electrons. The van der Waals surface area contributed by atoms with E-state index in [-0.39, 0.29) is 28.6 Å². The molecule has 0 atom stereocenters. The largest absolute Gasteiger partial charge is 0.488 e. The highest BCUT2D eigenvalue weighted by Gasteiger charge is 2.31. The summed E-state index contributed by atoms with van der Waals surface area (Å²) in [6.45, 7) is 10.5. The quantitative estimate of drug-likeness (QED) is 0.794. The van der Waals surface area contributed by atoms with E-state index in [0.717, 1.165) is 31.6 Å². The molecule has 0 unspecified atom stereocenters. The van der Waals surface area contributed by atoms with Gasteiger partial charge >= 0.3 is 0 Å². The van der Waals surface area contributed by atoms with Crippen molar-refractivity contribution in [2.75, 3.05) is 31.1 Å². The van der Waals surface area contributed by atoms with Crippen molar-refractivity contribution in [3.8, 4) is 5.75 Å². The van der Waals surface area contributed by atoms with E-state index in [4.69, 9.17) is 10.1 Å². The number of hydrogen-bond donors (Lipinski definition) is 1. The highest BCUT2D eigenvalue weighted by Crippen LogP contribution is 2.35. The Morgan fingerprint density at radius 3 is 2.69 bits per heavy atom. The summed E-state index contributed by atoms with van der Waals surface area (Å²) in [5, 5.41) is 8.29. The van der Waals surface area contributed by atoms with Gasteiger partial charge in [0.15, 0.2) is 11.6 Å². The predicted octanol–water partition coefficient (Wildman–Crippen LogP) is 3.45. The fourth-order valence-electron chi connectivity index (χ4n) is 4.37. The van der Waals surface area contributed by atoms with Crippen molar-refractivity contribution in [3.63, 3.8) is 0 Å². The third kappa shape index (κ3) is 4.26. The molecule has 4 rings (SSSR count). The van der Waals surface area contributed by atoms with Crippen LogP contribution in [0.1, 0.15) is 55.7 Å². The zero-order valence-corrected chi connectivity index (χ0v) is 19.2. The molecule has 0 saturated carbocycles. The van der Waals surface area contributed by atoms with Gasteiger partial charge in [-0.05, 0) is 30.4 Å². The Morgan fingerprint density at radius 2 is 2.00 bits per heavy atom. The average molecular weight is 438 g/mol. The molecule has 2 aliphatic rings. The van der Waals surface area contributed by atoms with Crippen LogP contribution < -0.4 is 15.1 Å². The van der Waals surface area contributed by atoms with Crippen molar-refractivity contribution in [1.82, 2.24) is 14.5 Å². The normalized spacial score (nSPS) is 17.7. The number of carbonyl (C=O) groups excluding carboxylic acids is 2. The van der Waals surface area contributed by atoms with Gasteiger partial charge in [0.2, 0.25) is 5.91 Å². The standard InChI is InChI=1S/C24H31N5O3/c1-16(2)22(30)29-9-6-18(13-20(29)25)28-10-11-32-19-12-17(14-26-21(19)28)23(31)27-8-5-7-24(3,4)15-27/h6,9,12-14,16,25H,5,7-8,10-11,15H2,1-4H3. The molecule has 8 heteroatoms. The van der Waals surface area contributed by atoms with Crippen LogP contribution >= 0.6 is 0 Å². The van der Waals surface area contributed by atoms with Crippen LogP contribution in [0.4, 0.5) is 11.5 Å². The van der Waals surface area contributed by atoms with Gasteiger partial charge in [-0.3, -0.25) is 19.6 Å². The van der Waals surface area contributed by atoms with Gasteiger partial charge < -0.3 is 14.5 Å². The summed E-state index contributed by atoms with van der Waals surface area (Å²) in [5.74, 6) is 0.836. The molecule has 1 saturated heterocycles. The fourth-order valence-corrected chi connectivity index (χ4v) is 4.37. The first-order chi connectivity index (χ1) is 15.2. The van der Waals surface area contributed by atoms with Crippen molar-refractivity contribution < 1.29 is 14.3 Å². The minimum absolute atomic E-state index is 0.0183. The lowest BCUT2D eigenvalue weighted by atomic mass is 9.84. The smallest absolute Gasteiger partial charge is 0.255 e. The van der Waals surface area contributed by atoms with Crippen LogP contribution in [-0.4, -0.2) is 52.5 Å². The van der Waals surface area contributed by atoms with Gasteiger partial charge in [0.05, 0.1) is 12.1 Å². The van der Waals surface area contributed by atoms with E-state index in [9.17, 15) is 9.59 Å². The summed E-state index contributed by atoms with van der Waals surface area (Å²) >= 11 is 0. The third-order valence-electron chi connectivity index (χ3n) is 6.08. The van der Waals surface area contributed by atoms with Gasteiger partial charge in [-0.2, -0.15) is 0 Å². The molecule has 4 heterocycles. The molecule has 1 N–H and O–H groups in total. The zero-order chi connectivity index (χ0) is 23.0. The highest BCUT2D eigenvalue weighted by molar-refractivity contribution is 5.95. The number of carbonyl (C=O) groups is 2. The molecule has 2 aliphatic heterocycles. The van der Waals surface area contributed by atoms with Crippen LogP contribution in [0.15, 0.2) is 30.6 Å². The predicted molar refractivity (Wildman–Crippen MR) is 121 cm³/mol. The lowest BCUT2D eigenvalue weighted by Crippen LogP contribution is -2.43. The van der Waals surface area contributed by atoms with Crippen molar-refractivity contribution >= 4 is 23.3 Å². The Morgan fingerprint density at radius 1 is 1.22 bits per heavy atom. The molecule has 0 radical (unpaired) electrons. The lowest BCUT2D eigenvalue weighted by Gasteiger charge is -2.38. The maximum absolute atomic E-state index is 13.1. The number of nitrogens with one attached hydrogen (secondary N) is 1. The van der Waals surface area contributed by atoms with E-state index in [1.807, 2.05) is 29.7 Å². The number of fused-ring (bicyclic) bond motifs is 1. The SMILES string of the molecule is CC(C)C(=O)n1ccc(N2CCOc3cc(C(=O)N4CCCC(C)(C)C4)cnc32)cc1=N. The van der Waals surface area contributed by atoms with Gasteiger partial charge in [-0.25, -0.2) is 4.98 Å². The summed E-state index contributed by atoms with van der Waals surface area (Å²) < 4.78 is 7.19. The molecule has 1 fully saturated rings. The van der Waals surface area contributed by atoms with Gasteiger partial charge in [0, 0.05) is 43.2 Å². The second-order valence-corrected chi connectivity index (χ2v) is 9.67. The van der Waals surface area contributed by atoms with Gasteiger partial charge in [-0.1, -0.05) is 27.7 Å². The number of piperidine rings is 1. The second kappa shape index (κ2) is 8.41. The van der Waals surface area contributed by atoms with E-state index in [1.165, 1.54) is 4.57 Å². The number of aromatic nitrogens is 2. The van der Waals surface area contributed by atoms with Gasteiger partial charge in [-0.15, -0.1) is 0 Å². The highest BCUT2D eigenvalue weighted by atomic mass is 16.5. The maximum atomic E-state index is 13.1. The molecule has 0 bridgehead atoms. The summed E-state index contributed by atoms with van der Waals surface area (Å²) in [6.07, 6.45) is 5.36. The van der Waals surface area contributed by atoms with E-state index in [0.29, 0.717) is 30.3 Å². The monoisotopic (exact) mass is 437 g/mol. The first-order valence-electron chi connectivity index (χ1n) is 11.2. The van der Waals surface area contributed by atoms with Crippen molar-refractivity contribution in [2.24, 2.45) is 11.3 Å². The Balaban J connectivity index is 1.60. The number of amides is 1. The number of anilines is 2. The molecule has 0 aromatic carbocycles. The molecule has 8 nitrogen and oxygen atoms in total. The van der Waals surface area contributed by atoms with Crippen molar-refractivity contribution in [1.29, 1.82) is 5.41 Å². The molecule has 1 amide bonds. The molecular weight excluding hydrogens is 406 g/mol. The van der Waals surface area contributed by atoms with Gasteiger partial charge in [0.25, 0.3) is 5.91 Å². The summed E-state index contributed by atoms with van der Waals surface area (Å²) in [4.78, 5) is 33.8. The number of ether oxygens (including phenoxy) is 1. The molecule has 2 aromatic heterocycles. The topological polar surface area (TPSA) is 91.5 Å². The Labute approximate surface area is 188 Å². The summed E-state index contributed by atoms with van der Waals surface area (Å²) in [7, 11) is 0. The number of hydrogen-bond acceptors (Lipinski definition) is 6. The van der Waals surface area contributed by atoms with Crippen LogP contribution in [0, 0.1) is 16.7 Å². The number of nitrogens with zero attached hydrogens (tertiary/aromatic N) is 4. The Kier molecular flexibility index (Phi) is 5.79. The van der Waals surface area contributed by atoms with E-state index in [2.05, 4.69) is 18.8 Å². The Bertz CT molecular complexity index is 1110. The van der Waals surface area contributed by atoms with Crippen molar-refractivity contribution in [3.05, 3.63) is 41.6 Å². The van der Waals surface area contributed by atoms with Crippen LogP contribution in [-0.2, 0) is 0 Å². The average Bonchev–Trinajstić information content (AvgIpc) is 2.76. The summed E-state index contributed by atoms with van der Waals surface area (Å²) in [5.41, 5.74) is 1.53. The molecule has 2 aromatic rings. The van der Waals surface area contributed by atoms with Crippen molar-refractivity contribution in [2.45, 2.75) is 40.5 Å². The van der Waals surface area contributed by atoms with Gasteiger partial charge in [0.1, 0.15) is 12.1 Å². The maximum Gasteiger partial charge on any atom is 0.255 e. The first kappa shape index (κ1) is 22.0. The minimum Gasteiger partial charge on any atom is -0.488 e. The number of pyridine rings is 2. The first-order valence-corrected chi connectivity index (χ1v) is 11.2. The minimum atomic E-state index is -0.192. The van der Waals surface area contributed by atoms with E-state index >= 15 is 0 Å². The molecule has 0 aliphatic carbocycles. The van der Waals surface area contributed by atoms with Crippen LogP contribution in [0.3, 0.4) is 0 Å². The zero-order valence-electron chi connectivity index (χ0n) is 19.2. The molecule has 0 spiro atoms. The number of rotatable bonds is 3. The molecule has 32 heavy (non-hydrogen) atoms. The van der Waals surface area contributed by atoms with Crippen LogP contribution in [0.5, 0.6) is 5.75 Å². The van der Waals surface area contributed by atoms with E-state index in [1.54, 1.807) is 24.5 Å². The summed E-state index contributed by atoms with van der Waals surface area (Å²) in [6, 6.07) is 5.24. The third-order valence-corrected chi connectivity index (χ3v) is 6.08. The van der Waals surface area contributed by atoms with Crippen LogP contribution in [0.2, 0.25) is 0 Å².